The number of fused-ring (bicyclic) bond motifs is 1. The Labute approximate surface area is 193 Å². The minimum absolute atomic E-state index is 0.293. The SMILES string of the molecule is COC(=O)Nc1nc2ccc(Oc3ccc(NC(=S)Nc4cccc(Cl)c4)cc3)cc2[nH]1. The fraction of sp³-hybridized carbons (Fsp3) is 0.0455. The predicted octanol–water partition coefficient (Wildman–Crippen LogP) is 6.00. The molecule has 0 saturated heterocycles. The standard InChI is InChI=1S/C22H18ClN5O3S/c1-30-22(29)28-20-26-18-10-9-17(12-19(18)27-20)31-16-7-5-14(6-8-16)24-21(32)25-15-4-2-3-13(23)11-15/h2-12H,1H3,(H2,24,25,32)(H2,26,27,28,29). The fourth-order valence-electron chi connectivity index (χ4n) is 2.86. The van der Waals surface area contributed by atoms with E-state index in [1.54, 1.807) is 30.3 Å². The maximum absolute atomic E-state index is 11.3. The molecule has 4 N–H and O–H groups in total. The Bertz CT molecular complexity index is 1280. The zero-order chi connectivity index (χ0) is 22.5. The lowest BCUT2D eigenvalue weighted by Gasteiger charge is -2.11. The van der Waals surface area contributed by atoms with Crippen LogP contribution in [-0.2, 0) is 4.74 Å². The van der Waals surface area contributed by atoms with Crippen LogP contribution in [-0.4, -0.2) is 28.3 Å². The number of carbonyl (C=O) groups excluding carboxylic acids is 1. The minimum Gasteiger partial charge on any atom is -0.457 e. The third-order valence-corrected chi connectivity index (χ3v) is 4.73. The van der Waals surface area contributed by atoms with Crippen molar-refractivity contribution in [2.75, 3.05) is 23.1 Å². The molecule has 0 fully saturated rings. The van der Waals surface area contributed by atoms with Gasteiger partial charge in [-0.1, -0.05) is 17.7 Å². The molecule has 0 saturated carbocycles. The van der Waals surface area contributed by atoms with Crippen molar-refractivity contribution < 1.29 is 14.3 Å². The minimum atomic E-state index is -0.600. The van der Waals surface area contributed by atoms with Gasteiger partial charge in [-0.25, -0.2) is 9.78 Å². The highest BCUT2D eigenvalue weighted by Crippen LogP contribution is 2.26. The van der Waals surface area contributed by atoms with E-state index in [2.05, 4.69) is 30.7 Å². The van der Waals surface area contributed by atoms with Gasteiger partial charge in [-0.15, -0.1) is 0 Å². The Kier molecular flexibility index (Phi) is 6.39. The highest BCUT2D eigenvalue weighted by Gasteiger charge is 2.08. The molecule has 0 spiro atoms. The van der Waals surface area contributed by atoms with Gasteiger partial charge in [0.1, 0.15) is 11.5 Å². The second kappa shape index (κ2) is 9.54. The van der Waals surface area contributed by atoms with Gasteiger partial charge in [0, 0.05) is 22.5 Å². The largest absolute Gasteiger partial charge is 0.457 e. The first kappa shape index (κ1) is 21.4. The second-order valence-electron chi connectivity index (χ2n) is 6.60. The number of rotatable bonds is 5. The van der Waals surface area contributed by atoms with Gasteiger partial charge in [-0.3, -0.25) is 5.32 Å². The van der Waals surface area contributed by atoms with Crippen molar-refractivity contribution >= 4 is 63.4 Å². The number of H-pyrrole nitrogens is 1. The van der Waals surface area contributed by atoms with E-state index in [9.17, 15) is 4.79 Å². The third-order valence-electron chi connectivity index (χ3n) is 4.29. The number of methoxy groups -OCH3 is 1. The summed E-state index contributed by atoms with van der Waals surface area (Å²) in [6.45, 7) is 0. The van der Waals surface area contributed by atoms with Crippen LogP contribution in [0.25, 0.3) is 11.0 Å². The Morgan fingerprint density at radius 3 is 2.47 bits per heavy atom. The Morgan fingerprint density at radius 1 is 0.969 bits per heavy atom. The highest BCUT2D eigenvalue weighted by molar-refractivity contribution is 7.80. The summed E-state index contributed by atoms with van der Waals surface area (Å²) < 4.78 is 10.5. The third kappa shape index (κ3) is 5.45. The van der Waals surface area contributed by atoms with Gasteiger partial charge < -0.3 is 25.1 Å². The molecule has 162 valence electrons. The number of benzene rings is 3. The molecule has 0 aliphatic rings. The monoisotopic (exact) mass is 467 g/mol. The van der Waals surface area contributed by atoms with Gasteiger partial charge in [0.05, 0.1) is 18.1 Å². The van der Waals surface area contributed by atoms with Crippen LogP contribution in [0.15, 0.2) is 66.7 Å². The normalized spacial score (nSPS) is 10.4. The summed E-state index contributed by atoms with van der Waals surface area (Å²) in [5.74, 6) is 1.56. The van der Waals surface area contributed by atoms with Crippen molar-refractivity contribution in [3.63, 3.8) is 0 Å². The van der Waals surface area contributed by atoms with E-state index in [4.69, 9.17) is 28.6 Å². The maximum atomic E-state index is 11.3. The van der Waals surface area contributed by atoms with Crippen LogP contribution in [0.5, 0.6) is 11.5 Å². The van der Waals surface area contributed by atoms with E-state index in [0.29, 0.717) is 38.6 Å². The number of nitrogens with one attached hydrogen (secondary N) is 4. The maximum Gasteiger partial charge on any atom is 0.413 e. The van der Waals surface area contributed by atoms with Crippen molar-refractivity contribution in [3.05, 3.63) is 71.8 Å². The van der Waals surface area contributed by atoms with Crippen LogP contribution in [0.3, 0.4) is 0 Å². The van der Waals surface area contributed by atoms with Crippen LogP contribution >= 0.6 is 23.8 Å². The van der Waals surface area contributed by atoms with Crippen LogP contribution in [0, 0.1) is 0 Å². The number of hydrogen-bond donors (Lipinski definition) is 4. The summed E-state index contributed by atoms with van der Waals surface area (Å²) in [5, 5.41) is 9.76. The van der Waals surface area contributed by atoms with Crippen molar-refractivity contribution in [2.45, 2.75) is 0 Å². The Morgan fingerprint density at radius 2 is 1.72 bits per heavy atom. The van der Waals surface area contributed by atoms with Gasteiger partial charge in [-0.05, 0) is 66.8 Å². The lowest BCUT2D eigenvalue weighted by molar-refractivity contribution is 0.186. The molecule has 4 rings (SSSR count). The second-order valence-corrected chi connectivity index (χ2v) is 7.44. The molecule has 0 bridgehead atoms. The first-order chi connectivity index (χ1) is 15.5. The average Bonchev–Trinajstić information content (AvgIpc) is 3.16. The van der Waals surface area contributed by atoms with Crippen LogP contribution in [0.1, 0.15) is 0 Å². The molecule has 0 unspecified atom stereocenters. The number of aromatic nitrogens is 2. The first-order valence-electron chi connectivity index (χ1n) is 9.45. The molecule has 0 atom stereocenters. The number of nitrogens with zero attached hydrogens (tertiary/aromatic N) is 1. The summed E-state index contributed by atoms with van der Waals surface area (Å²) in [7, 11) is 1.29. The number of carbonyl (C=O) groups is 1. The molecule has 4 aromatic rings. The zero-order valence-electron chi connectivity index (χ0n) is 16.8. The fourth-order valence-corrected chi connectivity index (χ4v) is 3.29. The van der Waals surface area contributed by atoms with Crippen molar-refractivity contribution in [1.29, 1.82) is 0 Å². The molecule has 0 aliphatic carbocycles. The molecule has 0 aliphatic heterocycles. The number of thiocarbonyl (C=S) groups is 1. The topological polar surface area (TPSA) is 100 Å². The van der Waals surface area contributed by atoms with Gasteiger partial charge >= 0.3 is 6.09 Å². The number of hydrogen-bond acceptors (Lipinski definition) is 5. The molecule has 8 nitrogen and oxygen atoms in total. The number of aromatic amines is 1. The number of anilines is 3. The highest BCUT2D eigenvalue weighted by atomic mass is 35.5. The van der Waals surface area contributed by atoms with Crippen LogP contribution in [0.4, 0.5) is 22.1 Å². The smallest absolute Gasteiger partial charge is 0.413 e. The molecule has 0 radical (unpaired) electrons. The van der Waals surface area contributed by atoms with Gasteiger partial charge in [-0.2, -0.15) is 0 Å². The Hall–Kier alpha value is -3.82. The van der Waals surface area contributed by atoms with E-state index >= 15 is 0 Å². The van der Waals surface area contributed by atoms with Crippen molar-refractivity contribution in [1.82, 2.24) is 9.97 Å². The number of halogens is 1. The zero-order valence-corrected chi connectivity index (χ0v) is 18.4. The molecule has 10 heteroatoms. The van der Waals surface area contributed by atoms with Crippen molar-refractivity contribution in [2.24, 2.45) is 0 Å². The lowest BCUT2D eigenvalue weighted by Crippen LogP contribution is -2.18. The van der Waals surface area contributed by atoms with Gasteiger partial charge in [0.25, 0.3) is 0 Å². The Balaban J connectivity index is 1.38. The molecule has 1 heterocycles. The lowest BCUT2D eigenvalue weighted by atomic mass is 10.3. The van der Waals surface area contributed by atoms with Gasteiger partial charge in [0.2, 0.25) is 5.95 Å². The number of ether oxygens (including phenoxy) is 2. The molecule has 3 aromatic carbocycles. The van der Waals surface area contributed by atoms with E-state index in [1.807, 2.05) is 36.4 Å². The number of imidazole rings is 1. The molecular weight excluding hydrogens is 450 g/mol. The quantitative estimate of drug-likeness (QED) is 0.267. The van der Waals surface area contributed by atoms with Crippen LogP contribution in [0.2, 0.25) is 5.02 Å². The summed E-state index contributed by atoms with van der Waals surface area (Å²) in [5.41, 5.74) is 3.00. The summed E-state index contributed by atoms with van der Waals surface area (Å²) in [6, 6.07) is 20.0. The predicted molar refractivity (Wildman–Crippen MR) is 130 cm³/mol. The van der Waals surface area contributed by atoms with E-state index in [0.717, 1.165) is 11.4 Å². The summed E-state index contributed by atoms with van der Waals surface area (Å²) in [6.07, 6.45) is -0.600. The van der Waals surface area contributed by atoms with Gasteiger partial charge in [0.15, 0.2) is 5.11 Å². The number of amides is 1. The molecular formula is C22H18ClN5O3S. The van der Waals surface area contributed by atoms with E-state index in [-0.39, 0.29) is 0 Å². The summed E-state index contributed by atoms with van der Waals surface area (Å²) in [4.78, 5) is 18.6. The molecule has 32 heavy (non-hydrogen) atoms. The molecule has 1 amide bonds. The summed E-state index contributed by atoms with van der Waals surface area (Å²) >= 11 is 11.3. The van der Waals surface area contributed by atoms with Crippen LogP contribution < -0.4 is 20.7 Å². The molecule has 1 aromatic heterocycles. The van der Waals surface area contributed by atoms with Crippen molar-refractivity contribution in [3.8, 4) is 11.5 Å². The average molecular weight is 468 g/mol. The van der Waals surface area contributed by atoms with E-state index in [1.165, 1.54) is 7.11 Å². The van der Waals surface area contributed by atoms with E-state index < -0.39 is 6.09 Å². The first-order valence-corrected chi connectivity index (χ1v) is 10.2.